The lowest BCUT2D eigenvalue weighted by molar-refractivity contribution is -0.115. The minimum atomic E-state index is -0.261. The second kappa shape index (κ2) is 9.62. The average Bonchev–Trinajstić information content (AvgIpc) is 2.08. The van der Waals surface area contributed by atoms with E-state index < -0.39 is 0 Å². The van der Waals surface area contributed by atoms with E-state index in [1.54, 1.807) is 6.92 Å². The minimum Gasteiger partial charge on any atom is -0.311 e. The van der Waals surface area contributed by atoms with Crippen molar-refractivity contribution in [2.24, 2.45) is 4.99 Å². The Labute approximate surface area is 73.9 Å². The zero-order chi connectivity index (χ0) is 9.98. The summed E-state index contributed by atoms with van der Waals surface area (Å²) in [6, 6.07) is 0. The Morgan fingerprint density at radius 1 is 1.42 bits per heavy atom. The maximum absolute atomic E-state index is 10.6. The molecule has 0 saturated heterocycles. The van der Waals surface area contributed by atoms with Gasteiger partial charge in [0.1, 0.15) is 5.84 Å². The topological polar surface area (TPSA) is 41.5 Å². The third kappa shape index (κ3) is 8.62. The van der Waals surface area contributed by atoms with E-state index in [0.29, 0.717) is 5.84 Å². The molecule has 68 valence electrons. The van der Waals surface area contributed by atoms with Crippen molar-refractivity contribution in [1.82, 2.24) is 5.32 Å². The molecule has 0 radical (unpaired) electrons. The number of carbonyl (C=O) groups is 1. The van der Waals surface area contributed by atoms with Crippen molar-refractivity contribution in [1.29, 1.82) is 0 Å². The number of amidine groups is 1. The number of nitrogens with one attached hydrogen (secondary N) is 1. The molecule has 0 rings (SSSR count). The average molecular weight is 168 g/mol. The number of hydrogen-bond donors (Lipinski definition) is 1. The van der Waals surface area contributed by atoms with Crippen LogP contribution in [0.25, 0.3) is 0 Å². The van der Waals surface area contributed by atoms with Gasteiger partial charge in [0.05, 0.1) is 0 Å². The van der Waals surface area contributed by atoms with Crippen molar-refractivity contribution in [3.05, 3.63) is 25.4 Å². The molecule has 0 atom stereocenters. The standard InChI is InChI=1S/C7H10N2O.C2H6/c1-4-7(10)9-6(3)8-5-2;1-2/h4-5H,1-2H2,3H3,(H,8,9,10);1-2H3. The first-order valence-corrected chi connectivity index (χ1v) is 3.79. The first-order chi connectivity index (χ1) is 5.70. The summed E-state index contributed by atoms with van der Waals surface area (Å²) in [6.45, 7) is 12.3. The number of aliphatic imine (C=N–C) groups is 1. The maximum Gasteiger partial charge on any atom is 0.248 e. The molecule has 3 heteroatoms. The van der Waals surface area contributed by atoms with Gasteiger partial charge in [-0.1, -0.05) is 27.0 Å². The first-order valence-electron chi connectivity index (χ1n) is 3.79. The van der Waals surface area contributed by atoms with E-state index in [2.05, 4.69) is 23.5 Å². The van der Waals surface area contributed by atoms with Crippen molar-refractivity contribution < 1.29 is 4.79 Å². The Balaban J connectivity index is 0. The van der Waals surface area contributed by atoms with Gasteiger partial charge in [0.25, 0.3) is 0 Å². The zero-order valence-corrected chi connectivity index (χ0v) is 7.92. The van der Waals surface area contributed by atoms with E-state index >= 15 is 0 Å². The van der Waals surface area contributed by atoms with E-state index in [0.717, 1.165) is 0 Å². The molecular formula is C9H16N2O. The molecule has 0 heterocycles. The summed E-state index contributed by atoms with van der Waals surface area (Å²) in [4.78, 5) is 14.3. The van der Waals surface area contributed by atoms with Gasteiger partial charge in [0, 0.05) is 6.20 Å². The molecule has 0 unspecified atom stereocenters. The van der Waals surface area contributed by atoms with Crippen molar-refractivity contribution in [2.45, 2.75) is 20.8 Å². The lowest BCUT2D eigenvalue weighted by atomic mass is 10.5. The van der Waals surface area contributed by atoms with Crippen LogP contribution in [0.5, 0.6) is 0 Å². The monoisotopic (exact) mass is 168 g/mol. The lowest BCUT2D eigenvalue weighted by Crippen LogP contribution is -2.25. The van der Waals surface area contributed by atoms with Gasteiger partial charge >= 0.3 is 0 Å². The summed E-state index contributed by atoms with van der Waals surface area (Å²) in [5.74, 6) is 0.253. The first kappa shape index (κ1) is 13.2. The number of rotatable bonds is 2. The van der Waals surface area contributed by atoms with Crippen molar-refractivity contribution in [2.75, 3.05) is 0 Å². The zero-order valence-electron chi connectivity index (χ0n) is 7.92. The van der Waals surface area contributed by atoms with Gasteiger partial charge in [0.2, 0.25) is 5.91 Å². The van der Waals surface area contributed by atoms with Crippen LogP contribution < -0.4 is 5.32 Å². The minimum absolute atomic E-state index is 0.261. The number of nitrogens with zero attached hydrogens (tertiary/aromatic N) is 1. The van der Waals surface area contributed by atoms with Crippen LogP contribution in [-0.4, -0.2) is 11.7 Å². The van der Waals surface area contributed by atoms with Gasteiger partial charge < -0.3 is 5.32 Å². The fraction of sp³-hybridized carbons (Fsp3) is 0.333. The number of carbonyl (C=O) groups excluding carboxylic acids is 1. The van der Waals surface area contributed by atoms with Crippen molar-refractivity contribution in [3.8, 4) is 0 Å². The summed E-state index contributed by atoms with van der Waals surface area (Å²) in [5.41, 5.74) is 0. The van der Waals surface area contributed by atoms with Crippen LogP contribution in [-0.2, 0) is 4.79 Å². The van der Waals surface area contributed by atoms with E-state index in [-0.39, 0.29) is 5.91 Å². The molecule has 0 aliphatic carbocycles. The summed E-state index contributed by atoms with van der Waals surface area (Å²) in [5, 5.41) is 2.45. The largest absolute Gasteiger partial charge is 0.311 e. The van der Waals surface area contributed by atoms with Crippen LogP contribution in [0.4, 0.5) is 0 Å². The molecule has 0 bridgehead atoms. The summed E-state index contributed by atoms with van der Waals surface area (Å²) >= 11 is 0. The highest BCUT2D eigenvalue weighted by Gasteiger charge is 1.92. The highest BCUT2D eigenvalue weighted by molar-refractivity contribution is 6.01. The third-order valence-electron chi connectivity index (χ3n) is 0.774. The van der Waals surface area contributed by atoms with E-state index in [1.807, 2.05) is 13.8 Å². The van der Waals surface area contributed by atoms with Gasteiger partial charge in [-0.25, -0.2) is 4.99 Å². The van der Waals surface area contributed by atoms with E-state index in [4.69, 9.17) is 0 Å². The van der Waals surface area contributed by atoms with Crippen LogP contribution in [0.3, 0.4) is 0 Å². The summed E-state index contributed by atoms with van der Waals surface area (Å²) < 4.78 is 0. The Bertz CT molecular complexity index is 183. The molecule has 0 saturated carbocycles. The summed E-state index contributed by atoms with van der Waals surface area (Å²) in [7, 11) is 0. The van der Waals surface area contributed by atoms with E-state index in [9.17, 15) is 4.79 Å². The van der Waals surface area contributed by atoms with Gasteiger partial charge in [0.15, 0.2) is 0 Å². The molecule has 1 amide bonds. The molecule has 0 spiro atoms. The van der Waals surface area contributed by atoms with Gasteiger partial charge in [-0.05, 0) is 13.0 Å². The Morgan fingerprint density at radius 2 is 1.92 bits per heavy atom. The maximum atomic E-state index is 10.6. The van der Waals surface area contributed by atoms with Crippen molar-refractivity contribution >= 4 is 11.7 Å². The number of amides is 1. The fourth-order valence-corrected chi connectivity index (χ4v) is 0.399. The van der Waals surface area contributed by atoms with Gasteiger partial charge in [-0.2, -0.15) is 0 Å². The molecule has 0 aromatic carbocycles. The SMILES string of the molecule is C=CN=C(C)NC(=O)C=C.CC. The molecule has 3 nitrogen and oxygen atoms in total. The van der Waals surface area contributed by atoms with Crippen LogP contribution in [0.1, 0.15) is 20.8 Å². The second-order valence-corrected chi connectivity index (χ2v) is 1.59. The van der Waals surface area contributed by atoms with Gasteiger partial charge in [-0.15, -0.1) is 0 Å². The predicted octanol–water partition coefficient (Wildman–Crippen LogP) is 1.88. The second-order valence-electron chi connectivity index (χ2n) is 1.59. The molecule has 0 aromatic heterocycles. The van der Waals surface area contributed by atoms with Crippen LogP contribution in [0.2, 0.25) is 0 Å². The fourth-order valence-electron chi connectivity index (χ4n) is 0.399. The van der Waals surface area contributed by atoms with Crippen LogP contribution in [0, 0.1) is 0 Å². The molecule has 0 aromatic rings. The molecule has 0 fully saturated rings. The number of hydrogen-bond acceptors (Lipinski definition) is 2. The lowest BCUT2D eigenvalue weighted by Gasteiger charge is -1.96. The summed E-state index contributed by atoms with van der Waals surface area (Å²) in [6.07, 6.45) is 2.54. The smallest absolute Gasteiger partial charge is 0.248 e. The molecular weight excluding hydrogens is 152 g/mol. The van der Waals surface area contributed by atoms with Gasteiger partial charge in [-0.3, -0.25) is 4.79 Å². The molecule has 0 aliphatic rings. The highest BCUT2D eigenvalue weighted by atomic mass is 16.1. The Kier molecular flexibility index (Phi) is 10.6. The van der Waals surface area contributed by atoms with E-state index in [1.165, 1.54) is 12.3 Å². The normalized spacial score (nSPS) is 9.08. The van der Waals surface area contributed by atoms with Crippen LogP contribution >= 0.6 is 0 Å². The molecule has 12 heavy (non-hydrogen) atoms. The van der Waals surface area contributed by atoms with Crippen molar-refractivity contribution in [3.63, 3.8) is 0 Å². The third-order valence-corrected chi connectivity index (χ3v) is 0.774. The highest BCUT2D eigenvalue weighted by Crippen LogP contribution is 1.74. The quantitative estimate of drug-likeness (QED) is 0.382. The Hall–Kier alpha value is -1.38. The molecule has 0 aliphatic heterocycles. The van der Waals surface area contributed by atoms with Crippen LogP contribution in [0.15, 0.2) is 30.4 Å². The molecule has 1 N–H and O–H groups in total. The Morgan fingerprint density at radius 3 is 2.25 bits per heavy atom. The predicted molar refractivity (Wildman–Crippen MR) is 53.0 cm³/mol.